The summed E-state index contributed by atoms with van der Waals surface area (Å²) in [6, 6.07) is 0. The molecule has 0 radical (unpaired) electrons. The van der Waals surface area contributed by atoms with Crippen molar-refractivity contribution in [3.63, 3.8) is 0 Å². The summed E-state index contributed by atoms with van der Waals surface area (Å²) < 4.78 is 0. The van der Waals surface area contributed by atoms with E-state index >= 15 is 0 Å². The number of rotatable bonds is 6. The Hall–Kier alpha value is -0.120. The second kappa shape index (κ2) is 5.51. The Balaban J connectivity index is 3.46. The standard InChI is InChI=1S/C9H23N3/c1-9(11,6-7-10)5-4-8-12(2)3/h4-8,10-11H2,1-3H3. The Morgan fingerprint density at radius 1 is 1.25 bits per heavy atom. The van der Waals surface area contributed by atoms with Crippen molar-refractivity contribution < 1.29 is 0 Å². The van der Waals surface area contributed by atoms with E-state index in [1.54, 1.807) is 0 Å². The van der Waals surface area contributed by atoms with E-state index in [1.165, 1.54) is 0 Å². The maximum atomic E-state index is 6.01. The lowest BCUT2D eigenvalue weighted by Gasteiger charge is -2.24. The van der Waals surface area contributed by atoms with Gasteiger partial charge in [-0.05, 0) is 53.4 Å². The zero-order valence-electron chi connectivity index (χ0n) is 8.64. The molecule has 1 unspecified atom stereocenters. The molecule has 3 heteroatoms. The van der Waals surface area contributed by atoms with Crippen LogP contribution in [0.5, 0.6) is 0 Å². The molecule has 74 valence electrons. The van der Waals surface area contributed by atoms with Gasteiger partial charge in [-0.1, -0.05) is 0 Å². The van der Waals surface area contributed by atoms with Gasteiger partial charge in [0.2, 0.25) is 0 Å². The maximum Gasteiger partial charge on any atom is 0.0138 e. The van der Waals surface area contributed by atoms with Crippen LogP contribution in [0.4, 0.5) is 0 Å². The molecule has 0 spiro atoms. The Kier molecular flexibility index (Phi) is 5.46. The molecule has 0 aliphatic carbocycles. The zero-order chi connectivity index (χ0) is 9.61. The Bertz CT molecular complexity index is 110. The minimum atomic E-state index is -0.0647. The van der Waals surface area contributed by atoms with Crippen molar-refractivity contribution in [2.45, 2.75) is 31.7 Å². The summed E-state index contributed by atoms with van der Waals surface area (Å²) in [5.41, 5.74) is 11.4. The van der Waals surface area contributed by atoms with Crippen molar-refractivity contribution in [1.29, 1.82) is 0 Å². The lowest BCUT2D eigenvalue weighted by Crippen LogP contribution is -2.38. The third-order valence-corrected chi connectivity index (χ3v) is 2.07. The van der Waals surface area contributed by atoms with Gasteiger partial charge in [0.25, 0.3) is 0 Å². The first-order chi connectivity index (χ1) is 5.48. The first kappa shape index (κ1) is 11.9. The highest BCUT2D eigenvalue weighted by atomic mass is 15.0. The van der Waals surface area contributed by atoms with E-state index in [2.05, 4.69) is 25.9 Å². The quantitative estimate of drug-likeness (QED) is 0.611. The van der Waals surface area contributed by atoms with Crippen LogP contribution in [0.25, 0.3) is 0 Å². The van der Waals surface area contributed by atoms with E-state index in [0.29, 0.717) is 6.54 Å². The van der Waals surface area contributed by atoms with E-state index < -0.39 is 0 Å². The van der Waals surface area contributed by atoms with Gasteiger partial charge in [0.05, 0.1) is 0 Å². The fourth-order valence-corrected chi connectivity index (χ4v) is 1.25. The fourth-order valence-electron chi connectivity index (χ4n) is 1.25. The van der Waals surface area contributed by atoms with Gasteiger partial charge < -0.3 is 16.4 Å². The lowest BCUT2D eigenvalue weighted by atomic mass is 9.93. The molecular formula is C9H23N3. The van der Waals surface area contributed by atoms with Gasteiger partial charge in [-0.15, -0.1) is 0 Å². The fraction of sp³-hybridized carbons (Fsp3) is 1.00. The summed E-state index contributed by atoms with van der Waals surface area (Å²) in [5, 5.41) is 0. The highest BCUT2D eigenvalue weighted by molar-refractivity contribution is 4.78. The molecule has 0 aliphatic heterocycles. The van der Waals surface area contributed by atoms with Gasteiger partial charge in [-0.2, -0.15) is 0 Å². The van der Waals surface area contributed by atoms with Crippen molar-refractivity contribution in [3.05, 3.63) is 0 Å². The van der Waals surface area contributed by atoms with E-state index in [0.717, 1.165) is 25.8 Å². The molecule has 0 saturated carbocycles. The van der Waals surface area contributed by atoms with Crippen molar-refractivity contribution in [3.8, 4) is 0 Å². The van der Waals surface area contributed by atoms with E-state index in [-0.39, 0.29) is 5.54 Å². The number of hydrogen-bond donors (Lipinski definition) is 2. The summed E-state index contributed by atoms with van der Waals surface area (Å²) in [5.74, 6) is 0. The first-order valence-corrected chi connectivity index (χ1v) is 4.61. The molecule has 12 heavy (non-hydrogen) atoms. The van der Waals surface area contributed by atoms with Crippen LogP contribution >= 0.6 is 0 Å². The van der Waals surface area contributed by atoms with Crippen LogP contribution in [0.2, 0.25) is 0 Å². The normalized spacial score (nSPS) is 16.5. The van der Waals surface area contributed by atoms with Crippen LogP contribution in [-0.2, 0) is 0 Å². The Morgan fingerprint density at radius 3 is 2.25 bits per heavy atom. The maximum absolute atomic E-state index is 6.01. The van der Waals surface area contributed by atoms with Crippen molar-refractivity contribution in [1.82, 2.24) is 4.90 Å². The van der Waals surface area contributed by atoms with E-state index in [4.69, 9.17) is 11.5 Å². The van der Waals surface area contributed by atoms with Gasteiger partial charge in [-0.25, -0.2) is 0 Å². The van der Waals surface area contributed by atoms with Crippen molar-refractivity contribution in [2.24, 2.45) is 11.5 Å². The van der Waals surface area contributed by atoms with Crippen molar-refractivity contribution >= 4 is 0 Å². The largest absolute Gasteiger partial charge is 0.330 e. The van der Waals surface area contributed by atoms with Gasteiger partial charge in [0.1, 0.15) is 0 Å². The molecule has 0 amide bonds. The zero-order valence-corrected chi connectivity index (χ0v) is 8.64. The molecule has 0 aliphatic rings. The van der Waals surface area contributed by atoms with Crippen LogP contribution < -0.4 is 11.5 Å². The molecule has 0 aromatic heterocycles. The molecule has 0 fully saturated rings. The predicted molar refractivity (Wildman–Crippen MR) is 54.1 cm³/mol. The van der Waals surface area contributed by atoms with Gasteiger partial charge in [0, 0.05) is 5.54 Å². The number of nitrogens with zero attached hydrogens (tertiary/aromatic N) is 1. The summed E-state index contributed by atoms with van der Waals surface area (Å²) in [6.07, 6.45) is 3.13. The summed E-state index contributed by atoms with van der Waals surface area (Å²) in [6.45, 7) is 3.88. The third kappa shape index (κ3) is 6.58. The van der Waals surface area contributed by atoms with Crippen molar-refractivity contribution in [2.75, 3.05) is 27.2 Å². The van der Waals surface area contributed by atoms with E-state index in [1.807, 2.05) is 0 Å². The second-order valence-corrected chi connectivity index (χ2v) is 4.10. The molecule has 3 nitrogen and oxygen atoms in total. The summed E-state index contributed by atoms with van der Waals surface area (Å²) >= 11 is 0. The minimum Gasteiger partial charge on any atom is -0.330 e. The Morgan fingerprint density at radius 2 is 1.83 bits per heavy atom. The SMILES string of the molecule is CN(C)CCCC(C)(N)CCN. The van der Waals surface area contributed by atoms with Gasteiger partial charge >= 0.3 is 0 Å². The van der Waals surface area contributed by atoms with Crippen LogP contribution in [-0.4, -0.2) is 37.6 Å². The molecule has 0 aromatic rings. The molecule has 0 heterocycles. The summed E-state index contributed by atoms with van der Waals surface area (Å²) in [7, 11) is 4.16. The van der Waals surface area contributed by atoms with Crippen LogP contribution in [0.1, 0.15) is 26.2 Å². The molecule has 0 aromatic carbocycles. The molecule has 0 saturated heterocycles. The van der Waals surface area contributed by atoms with Crippen LogP contribution in [0, 0.1) is 0 Å². The number of hydrogen-bond acceptors (Lipinski definition) is 3. The molecular weight excluding hydrogens is 150 g/mol. The molecule has 0 rings (SSSR count). The average Bonchev–Trinajstić information content (AvgIpc) is 1.85. The van der Waals surface area contributed by atoms with Gasteiger partial charge in [0.15, 0.2) is 0 Å². The Labute approximate surface area is 76.1 Å². The minimum absolute atomic E-state index is 0.0647. The molecule has 1 atom stereocenters. The first-order valence-electron chi connectivity index (χ1n) is 4.61. The predicted octanol–water partition coefficient (Wildman–Crippen LogP) is 0.394. The topological polar surface area (TPSA) is 55.3 Å². The summed E-state index contributed by atoms with van der Waals surface area (Å²) in [4.78, 5) is 2.18. The van der Waals surface area contributed by atoms with E-state index in [9.17, 15) is 0 Å². The highest BCUT2D eigenvalue weighted by Crippen LogP contribution is 2.12. The monoisotopic (exact) mass is 173 g/mol. The third-order valence-electron chi connectivity index (χ3n) is 2.07. The van der Waals surface area contributed by atoms with Gasteiger partial charge in [-0.3, -0.25) is 0 Å². The highest BCUT2D eigenvalue weighted by Gasteiger charge is 2.16. The van der Waals surface area contributed by atoms with Crippen LogP contribution in [0.3, 0.4) is 0 Å². The molecule has 0 bridgehead atoms. The van der Waals surface area contributed by atoms with Crippen LogP contribution in [0.15, 0.2) is 0 Å². The average molecular weight is 173 g/mol. The number of nitrogens with two attached hydrogens (primary N) is 2. The lowest BCUT2D eigenvalue weighted by molar-refractivity contribution is 0.339. The smallest absolute Gasteiger partial charge is 0.0138 e. The second-order valence-electron chi connectivity index (χ2n) is 4.10. The molecule has 4 N–H and O–H groups in total.